The Balaban J connectivity index is 2.54. The fourth-order valence-electron chi connectivity index (χ4n) is 2.10. The first kappa shape index (κ1) is 17.5. The van der Waals surface area contributed by atoms with Crippen LogP contribution in [0.5, 0.6) is 5.75 Å². The number of halogens is 1. The molecule has 0 aliphatic carbocycles. The zero-order valence-corrected chi connectivity index (χ0v) is 14.8. The van der Waals surface area contributed by atoms with Crippen LogP contribution in [0.3, 0.4) is 0 Å². The molecule has 0 spiro atoms. The molecule has 0 heterocycles. The van der Waals surface area contributed by atoms with E-state index in [9.17, 15) is 0 Å². The first-order chi connectivity index (χ1) is 9.48. The number of aryl methyl sites for hydroxylation is 1. The minimum Gasteiger partial charge on any atom is -0.492 e. The standard InChI is InChI=1S/C17H28BrNO/c1-5-12-20-16-7-6-14(13-15(16)18)8-9-17(2,3)10-11-19-4/h6-7,13,19H,5,8-12H2,1-4H3. The Morgan fingerprint density at radius 1 is 1.25 bits per heavy atom. The van der Waals surface area contributed by atoms with E-state index in [-0.39, 0.29) is 0 Å². The zero-order valence-electron chi connectivity index (χ0n) is 13.3. The van der Waals surface area contributed by atoms with Gasteiger partial charge in [0.15, 0.2) is 0 Å². The molecule has 0 atom stereocenters. The molecular formula is C17H28BrNO. The van der Waals surface area contributed by atoms with E-state index in [0.717, 1.165) is 36.2 Å². The van der Waals surface area contributed by atoms with Crippen LogP contribution in [0.15, 0.2) is 22.7 Å². The van der Waals surface area contributed by atoms with Gasteiger partial charge in [0, 0.05) is 0 Å². The molecule has 0 bridgehead atoms. The second kappa shape index (κ2) is 8.68. The Labute approximate surface area is 132 Å². The smallest absolute Gasteiger partial charge is 0.133 e. The van der Waals surface area contributed by atoms with Gasteiger partial charge < -0.3 is 10.1 Å². The summed E-state index contributed by atoms with van der Waals surface area (Å²) in [7, 11) is 2.02. The first-order valence-corrected chi connectivity index (χ1v) is 8.33. The van der Waals surface area contributed by atoms with Gasteiger partial charge in [-0.05, 0) is 78.3 Å². The Morgan fingerprint density at radius 2 is 2.00 bits per heavy atom. The molecule has 0 aliphatic heterocycles. The summed E-state index contributed by atoms with van der Waals surface area (Å²) >= 11 is 3.60. The largest absolute Gasteiger partial charge is 0.492 e. The molecule has 0 radical (unpaired) electrons. The van der Waals surface area contributed by atoms with Crippen LogP contribution >= 0.6 is 15.9 Å². The van der Waals surface area contributed by atoms with Crippen LogP contribution in [-0.2, 0) is 6.42 Å². The summed E-state index contributed by atoms with van der Waals surface area (Å²) < 4.78 is 6.75. The number of benzene rings is 1. The van der Waals surface area contributed by atoms with Gasteiger partial charge in [-0.2, -0.15) is 0 Å². The number of nitrogens with one attached hydrogen (secondary N) is 1. The van der Waals surface area contributed by atoms with E-state index in [1.54, 1.807) is 0 Å². The second-order valence-corrected chi connectivity index (χ2v) is 6.99. The Hall–Kier alpha value is -0.540. The monoisotopic (exact) mass is 341 g/mol. The van der Waals surface area contributed by atoms with E-state index < -0.39 is 0 Å². The number of hydrogen-bond acceptors (Lipinski definition) is 2. The molecule has 114 valence electrons. The summed E-state index contributed by atoms with van der Waals surface area (Å²) in [6.07, 6.45) is 4.57. The van der Waals surface area contributed by atoms with E-state index >= 15 is 0 Å². The number of rotatable bonds is 9. The van der Waals surface area contributed by atoms with Gasteiger partial charge >= 0.3 is 0 Å². The van der Waals surface area contributed by atoms with Gasteiger partial charge in [0.2, 0.25) is 0 Å². The summed E-state index contributed by atoms with van der Waals surface area (Å²) in [5, 5.41) is 3.23. The summed E-state index contributed by atoms with van der Waals surface area (Å²) in [4.78, 5) is 0. The summed E-state index contributed by atoms with van der Waals surface area (Å²) in [6.45, 7) is 8.67. The van der Waals surface area contributed by atoms with E-state index in [0.29, 0.717) is 5.41 Å². The number of ether oxygens (including phenoxy) is 1. The van der Waals surface area contributed by atoms with Gasteiger partial charge in [0.05, 0.1) is 11.1 Å². The molecule has 1 aromatic rings. The Morgan fingerprint density at radius 3 is 2.60 bits per heavy atom. The van der Waals surface area contributed by atoms with E-state index in [1.165, 1.54) is 18.4 Å². The van der Waals surface area contributed by atoms with Crippen LogP contribution in [0.1, 0.15) is 45.6 Å². The van der Waals surface area contributed by atoms with Crippen LogP contribution in [0, 0.1) is 5.41 Å². The van der Waals surface area contributed by atoms with Crippen molar-refractivity contribution in [3.8, 4) is 5.75 Å². The van der Waals surface area contributed by atoms with Crippen molar-refractivity contribution in [1.82, 2.24) is 5.32 Å². The van der Waals surface area contributed by atoms with Crippen molar-refractivity contribution in [3.63, 3.8) is 0 Å². The summed E-state index contributed by atoms with van der Waals surface area (Å²) in [5.74, 6) is 0.949. The topological polar surface area (TPSA) is 21.3 Å². The number of hydrogen-bond donors (Lipinski definition) is 1. The maximum Gasteiger partial charge on any atom is 0.133 e. The van der Waals surface area contributed by atoms with Gasteiger partial charge in [-0.25, -0.2) is 0 Å². The predicted octanol–water partition coefficient (Wildman–Crippen LogP) is 4.81. The fourth-order valence-corrected chi connectivity index (χ4v) is 2.64. The van der Waals surface area contributed by atoms with Gasteiger partial charge in [-0.1, -0.05) is 26.8 Å². The van der Waals surface area contributed by atoms with Gasteiger partial charge in [-0.3, -0.25) is 0 Å². The Bertz CT molecular complexity index is 404. The third-order valence-electron chi connectivity index (χ3n) is 3.60. The highest BCUT2D eigenvalue weighted by Gasteiger charge is 2.17. The second-order valence-electron chi connectivity index (χ2n) is 6.13. The van der Waals surface area contributed by atoms with Crippen molar-refractivity contribution in [2.45, 2.75) is 46.5 Å². The molecule has 1 N–H and O–H groups in total. The molecule has 0 fully saturated rings. The molecule has 0 amide bonds. The molecule has 3 heteroatoms. The molecule has 0 unspecified atom stereocenters. The van der Waals surface area contributed by atoms with Gasteiger partial charge in [0.1, 0.15) is 5.75 Å². The lowest BCUT2D eigenvalue weighted by Crippen LogP contribution is -2.20. The lowest BCUT2D eigenvalue weighted by Gasteiger charge is -2.24. The van der Waals surface area contributed by atoms with Crippen molar-refractivity contribution >= 4 is 15.9 Å². The molecular weight excluding hydrogens is 314 g/mol. The van der Waals surface area contributed by atoms with Crippen LogP contribution in [0.25, 0.3) is 0 Å². The molecule has 1 aromatic carbocycles. The first-order valence-electron chi connectivity index (χ1n) is 7.54. The zero-order chi connectivity index (χ0) is 15.0. The van der Waals surface area contributed by atoms with Gasteiger partial charge in [0.25, 0.3) is 0 Å². The molecule has 0 saturated heterocycles. The van der Waals surface area contributed by atoms with Crippen molar-refractivity contribution in [2.24, 2.45) is 5.41 Å². The van der Waals surface area contributed by atoms with Crippen LogP contribution in [0.4, 0.5) is 0 Å². The molecule has 0 saturated carbocycles. The predicted molar refractivity (Wildman–Crippen MR) is 90.6 cm³/mol. The van der Waals surface area contributed by atoms with E-state index in [1.807, 2.05) is 7.05 Å². The highest BCUT2D eigenvalue weighted by atomic mass is 79.9. The molecule has 0 aromatic heterocycles. The molecule has 0 aliphatic rings. The van der Waals surface area contributed by atoms with Crippen molar-refractivity contribution in [1.29, 1.82) is 0 Å². The molecule has 1 rings (SSSR count). The average Bonchev–Trinajstić information content (AvgIpc) is 2.42. The van der Waals surface area contributed by atoms with Crippen LogP contribution in [0.2, 0.25) is 0 Å². The van der Waals surface area contributed by atoms with Crippen molar-refractivity contribution < 1.29 is 4.74 Å². The fraction of sp³-hybridized carbons (Fsp3) is 0.647. The minimum absolute atomic E-state index is 0.382. The van der Waals surface area contributed by atoms with Crippen LogP contribution < -0.4 is 10.1 Å². The van der Waals surface area contributed by atoms with Gasteiger partial charge in [-0.15, -0.1) is 0 Å². The highest BCUT2D eigenvalue weighted by Crippen LogP contribution is 2.30. The third-order valence-corrected chi connectivity index (χ3v) is 4.22. The highest BCUT2D eigenvalue weighted by molar-refractivity contribution is 9.10. The minimum atomic E-state index is 0.382. The van der Waals surface area contributed by atoms with Crippen molar-refractivity contribution in [2.75, 3.05) is 20.2 Å². The SMILES string of the molecule is CCCOc1ccc(CCC(C)(C)CCNC)cc1Br. The maximum absolute atomic E-state index is 5.68. The molecule has 2 nitrogen and oxygen atoms in total. The normalized spacial score (nSPS) is 11.7. The third kappa shape index (κ3) is 6.27. The maximum atomic E-state index is 5.68. The summed E-state index contributed by atoms with van der Waals surface area (Å²) in [6, 6.07) is 6.46. The van der Waals surface area contributed by atoms with Crippen molar-refractivity contribution in [3.05, 3.63) is 28.2 Å². The van der Waals surface area contributed by atoms with E-state index in [2.05, 4.69) is 60.2 Å². The average molecular weight is 342 g/mol. The lowest BCUT2D eigenvalue weighted by atomic mass is 9.83. The van der Waals surface area contributed by atoms with E-state index in [4.69, 9.17) is 4.74 Å². The summed E-state index contributed by atoms with van der Waals surface area (Å²) in [5.41, 5.74) is 1.76. The molecule has 20 heavy (non-hydrogen) atoms. The van der Waals surface area contributed by atoms with Crippen LogP contribution in [-0.4, -0.2) is 20.2 Å². The Kier molecular flexibility index (Phi) is 7.60. The quantitative estimate of drug-likeness (QED) is 0.696. The lowest BCUT2D eigenvalue weighted by molar-refractivity contribution is 0.305.